The molecule has 20 heavy (non-hydrogen) atoms. The molecule has 2 aromatic rings. The molecule has 1 amide bonds. The lowest BCUT2D eigenvalue weighted by molar-refractivity contribution is -0.385. The molecule has 0 radical (unpaired) electrons. The summed E-state index contributed by atoms with van der Waals surface area (Å²) in [5.74, 6) is -0.250. The maximum absolute atomic E-state index is 12.1. The number of nitrogens with one attached hydrogen (secondary N) is 2. The zero-order valence-corrected chi connectivity index (χ0v) is 11.1. The Kier molecular flexibility index (Phi) is 3.94. The van der Waals surface area contributed by atoms with Crippen LogP contribution >= 0.6 is 11.6 Å². The first-order chi connectivity index (χ1) is 9.52. The van der Waals surface area contributed by atoms with Crippen molar-refractivity contribution in [2.75, 3.05) is 5.32 Å². The van der Waals surface area contributed by atoms with E-state index in [-0.39, 0.29) is 10.7 Å². The summed E-state index contributed by atoms with van der Waals surface area (Å²) in [5, 5.41) is 19.8. The van der Waals surface area contributed by atoms with E-state index in [2.05, 4.69) is 20.5 Å². The lowest BCUT2D eigenvalue weighted by Crippen LogP contribution is -2.15. The second-order valence-electron chi connectivity index (χ2n) is 3.86. The first-order valence-corrected chi connectivity index (χ1v) is 6.04. The number of amides is 1. The van der Waals surface area contributed by atoms with Crippen molar-refractivity contribution in [1.82, 2.24) is 15.2 Å². The van der Waals surface area contributed by atoms with Gasteiger partial charge in [-0.25, -0.2) is 4.98 Å². The highest BCUT2D eigenvalue weighted by molar-refractivity contribution is 6.30. The number of nitro groups is 1. The zero-order chi connectivity index (χ0) is 14.7. The van der Waals surface area contributed by atoms with Crippen molar-refractivity contribution in [1.29, 1.82) is 0 Å². The normalized spacial score (nSPS) is 10.3. The maximum atomic E-state index is 12.1. The average Bonchev–Trinajstić information content (AvgIpc) is 2.85. The molecule has 0 fully saturated rings. The van der Waals surface area contributed by atoms with Gasteiger partial charge in [0.1, 0.15) is 22.7 Å². The fourth-order valence-corrected chi connectivity index (χ4v) is 1.78. The summed E-state index contributed by atoms with van der Waals surface area (Å²) < 4.78 is 0. The SMILES string of the molecule is CCc1cn[nH]c1NC(=O)c1cc(Cl)ncc1[N+](=O)[O-]. The van der Waals surface area contributed by atoms with Crippen LogP contribution in [0.5, 0.6) is 0 Å². The van der Waals surface area contributed by atoms with E-state index in [1.165, 1.54) is 0 Å². The fraction of sp³-hybridized carbons (Fsp3) is 0.182. The van der Waals surface area contributed by atoms with Gasteiger partial charge in [-0.15, -0.1) is 0 Å². The van der Waals surface area contributed by atoms with E-state index in [0.29, 0.717) is 12.2 Å². The number of aromatic nitrogens is 3. The van der Waals surface area contributed by atoms with Gasteiger partial charge in [-0.2, -0.15) is 5.10 Å². The van der Waals surface area contributed by atoms with Crippen molar-refractivity contribution >= 4 is 29.0 Å². The molecule has 0 saturated heterocycles. The molecule has 0 aromatic carbocycles. The van der Waals surface area contributed by atoms with Crippen LogP contribution < -0.4 is 5.32 Å². The van der Waals surface area contributed by atoms with Gasteiger partial charge >= 0.3 is 0 Å². The predicted molar refractivity (Wildman–Crippen MR) is 71.8 cm³/mol. The van der Waals surface area contributed by atoms with E-state index < -0.39 is 16.5 Å². The minimum absolute atomic E-state index is 0.000996. The Morgan fingerprint density at radius 1 is 1.55 bits per heavy atom. The number of carbonyl (C=O) groups is 1. The van der Waals surface area contributed by atoms with Crippen molar-refractivity contribution < 1.29 is 9.72 Å². The zero-order valence-electron chi connectivity index (χ0n) is 10.4. The molecule has 0 aliphatic carbocycles. The van der Waals surface area contributed by atoms with E-state index in [1.807, 2.05) is 6.92 Å². The summed E-state index contributed by atoms with van der Waals surface area (Å²) in [4.78, 5) is 25.9. The molecule has 2 heterocycles. The summed E-state index contributed by atoms with van der Waals surface area (Å²) in [7, 11) is 0. The summed E-state index contributed by atoms with van der Waals surface area (Å²) in [6.07, 6.45) is 3.18. The highest BCUT2D eigenvalue weighted by atomic mass is 35.5. The van der Waals surface area contributed by atoms with Gasteiger partial charge in [-0.3, -0.25) is 20.0 Å². The molecular formula is C11H10ClN5O3. The van der Waals surface area contributed by atoms with Crippen LogP contribution in [0.25, 0.3) is 0 Å². The van der Waals surface area contributed by atoms with Crippen molar-refractivity contribution in [3.05, 3.63) is 44.9 Å². The minimum Gasteiger partial charge on any atom is -0.306 e. The van der Waals surface area contributed by atoms with E-state index in [4.69, 9.17) is 11.6 Å². The topological polar surface area (TPSA) is 114 Å². The monoisotopic (exact) mass is 295 g/mol. The summed E-state index contributed by atoms with van der Waals surface area (Å²) in [6.45, 7) is 1.90. The Bertz CT molecular complexity index is 670. The Morgan fingerprint density at radius 2 is 2.30 bits per heavy atom. The van der Waals surface area contributed by atoms with Crippen LogP contribution in [0, 0.1) is 10.1 Å². The molecule has 104 valence electrons. The van der Waals surface area contributed by atoms with Crippen LogP contribution in [0.4, 0.5) is 11.5 Å². The van der Waals surface area contributed by atoms with E-state index in [9.17, 15) is 14.9 Å². The molecule has 0 atom stereocenters. The van der Waals surface area contributed by atoms with Gasteiger partial charge in [0, 0.05) is 5.56 Å². The summed E-state index contributed by atoms with van der Waals surface area (Å²) >= 11 is 5.67. The van der Waals surface area contributed by atoms with E-state index in [0.717, 1.165) is 17.8 Å². The maximum Gasteiger partial charge on any atom is 0.300 e. The van der Waals surface area contributed by atoms with Gasteiger partial charge in [0.15, 0.2) is 0 Å². The summed E-state index contributed by atoms with van der Waals surface area (Å²) in [6, 6.07) is 1.15. The smallest absolute Gasteiger partial charge is 0.300 e. The van der Waals surface area contributed by atoms with E-state index >= 15 is 0 Å². The largest absolute Gasteiger partial charge is 0.306 e. The van der Waals surface area contributed by atoms with Crippen LogP contribution in [-0.4, -0.2) is 26.0 Å². The fourth-order valence-electron chi connectivity index (χ4n) is 1.62. The first-order valence-electron chi connectivity index (χ1n) is 5.66. The molecule has 0 spiro atoms. The Labute approximate surface area is 118 Å². The van der Waals surface area contributed by atoms with Crippen molar-refractivity contribution in [3.8, 4) is 0 Å². The average molecular weight is 296 g/mol. The second kappa shape index (κ2) is 5.66. The number of hydrogen-bond donors (Lipinski definition) is 2. The predicted octanol–water partition coefficient (Wildman–Crippen LogP) is 2.18. The number of halogens is 1. The molecule has 9 heteroatoms. The number of carbonyl (C=O) groups excluding carboxylic acids is 1. The number of pyridine rings is 1. The van der Waals surface area contributed by atoms with Crippen molar-refractivity contribution in [2.24, 2.45) is 0 Å². The number of aromatic amines is 1. The molecule has 0 aliphatic rings. The van der Waals surface area contributed by atoms with Crippen LogP contribution in [0.1, 0.15) is 22.8 Å². The molecule has 2 aromatic heterocycles. The number of aryl methyl sites for hydroxylation is 1. The molecule has 8 nitrogen and oxygen atoms in total. The van der Waals surface area contributed by atoms with Crippen molar-refractivity contribution in [3.63, 3.8) is 0 Å². The highest BCUT2D eigenvalue weighted by Gasteiger charge is 2.22. The molecular weight excluding hydrogens is 286 g/mol. The Hall–Kier alpha value is -2.48. The minimum atomic E-state index is -0.689. The Morgan fingerprint density at radius 3 is 2.95 bits per heavy atom. The third-order valence-electron chi connectivity index (χ3n) is 2.63. The molecule has 0 saturated carbocycles. The molecule has 0 bridgehead atoms. The van der Waals surface area contributed by atoms with Crippen LogP contribution in [-0.2, 0) is 6.42 Å². The van der Waals surface area contributed by atoms with Crippen molar-refractivity contribution in [2.45, 2.75) is 13.3 Å². The Balaban J connectivity index is 2.34. The third kappa shape index (κ3) is 2.75. The second-order valence-corrected chi connectivity index (χ2v) is 4.25. The lowest BCUT2D eigenvalue weighted by Gasteiger charge is -2.05. The van der Waals surface area contributed by atoms with Gasteiger partial charge in [0.25, 0.3) is 11.6 Å². The number of H-pyrrole nitrogens is 1. The number of rotatable bonds is 4. The number of hydrogen-bond acceptors (Lipinski definition) is 5. The van der Waals surface area contributed by atoms with Gasteiger partial charge in [-0.05, 0) is 12.5 Å². The molecule has 2 N–H and O–H groups in total. The third-order valence-corrected chi connectivity index (χ3v) is 2.83. The van der Waals surface area contributed by atoms with Crippen LogP contribution in [0.2, 0.25) is 5.15 Å². The van der Waals surface area contributed by atoms with E-state index in [1.54, 1.807) is 6.20 Å². The quantitative estimate of drug-likeness (QED) is 0.510. The molecule has 0 aliphatic heterocycles. The molecule has 0 unspecified atom stereocenters. The summed E-state index contributed by atoms with van der Waals surface area (Å²) in [5.41, 5.74) is 0.220. The van der Waals surface area contributed by atoms with Gasteiger partial charge < -0.3 is 5.32 Å². The molecule has 2 rings (SSSR count). The van der Waals surface area contributed by atoms with Gasteiger partial charge in [-0.1, -0.05) is 18.5 Å². The van der Waals surface area contributed by atoms with Gasteiger partial charge in [0.05, 0.1) is 11.1 Å². The lowest BCUT2D eigenvalue weighted by atomic mass is 10.2. The first kappa shape index (κ1) is 13.9. The van der Waals surface area contributed by atoms with Gasteiger partial charge in [0.2, 0.25) is 0 Å². The number of anilines is 1. The standard InChI is InChI=1S/C11H10ClN5O3/c1-2-6-4-14-16-10(6)15-11(18)7-3-9(12)13-5-8(7)17(19)20/h3-5H,2H2,1H3,(H2,14,15,16,18). The highest BCUT2D eigenvalue weighted by Crippen LogP contribution is 2.22. The van der Waals surface area contributed by atoms with Crippen LogP contribution in [0.3, 0.4) is 0 Å². The number of nitrogens with zero attached hydrogens (tertiary/aromatic N) is 3. The van der Waals surface area contributed by atoms with Crippen LogP contribution in [0.15, 0.2) is 18.5 Å².